The molecule has 2 aliphatic rings. The van der Waals surface area contributed by atoms with Crippen molar-refractivity contribution in [1.29, 1.82) is 0 Å². The lowest BCUT2D eigenvalue weighted by molar-refractivity contribution is -0.136. The first kappa shape index (κ1) is 26.2. The summed E-state index contributed by atoms with van der Waals surface area (Å²) in [4.78, 5) is 30.3. The first-order valence-corrected chi connectivity index (χ1v) is 14.5. The van der Waals surface area contributed by atoms with E-state index in [1.54, 1.807) is 6.20 Å². The molecular formula is C20H33N5O5S3. The normalized spacial score (nSPS) is 19.0. The zero-order valence-corrected chi connectivity index (χ0v) is 21.6. The number of carboxylic acids is 1. The quantitative estimate of drug-likeness (QED) is 0.481. The van der Waals surface area contributed by atoms with Gasteiger partial charge in [0.2, 0.25) is 0 Å². The van der Waals surface area contributed by atoms with E-state index in [-0.39, 0.29) is 24.5 Å². The molecule has 33 heavy (non-hydrogen) atoms. The number of nitrogens with one attached hydrogen (secondary N) is 1. The van der Waals surface area contributed by atoms with Gasteiger partial charge in [0.15, 0.2) is 5.13 Å². The van der Waals surface area contributed by atoms with Crippen LogP contribution in [0, 0.1) is 0 Å². The summed E-state index contributed by atoms with van der Waals surface area (Å²) in [5, 5.41) is 12.2. The number of carbonyl (C=O) groups excluding carboxylic acids is 1. The molecule has 1 aliphatic heterocycles. The number of anilines is 1. The van der Waals surface area contributed by atoms with E-state index in [4.69, 9.17) is 5.11 Å². The molecule has 13 heteroatoms. The van der Waals surface area contributed by atoms with Crippen molar-refractivity contribution in [2.24, 2.45) is 0 Å². The molecule has 0 aromatic carbocycles. The summed E-state index contributed by atoms with van der Waals surface area (Å²) in [5.41, 5.74) is 0. The smallest absolute Gasteiger partial charge is 0.324 e. The zero-order valence-electron chi connectivity index (χ0n) is 19.1. The Morgan fingerprint density at radius 3 is 2.42 bits per heavy atom. The van der Waals surface area contributed by atoms with Gasteiger partial charge in [0.05, 0.1) is 16.8 Å². The Morgan fingerprint density at radius 1 is 1.18 bits per heavy atom. The van der Waals surface area contributed by atoms with Crippen LogP contribution in [0.3, 0.4) is 0 Å². The maximum Gasteiger partial charge on any atom is 0.324 e. The molecule has 1 aromatic heterocycles. The molecule has 0 spiro atoms. The van der Waals surface area contributed by atoms with Crippen LogP contribution in [0.2, 0.25) is 0 Å². The van der Waals surface area contributed by atoms with E-state index in [0.29, 0.717) is 36.8 Å². The molecule has 1 saturated heterocycles. The van der Waals surface area contributed by atoms with Crippen LogP contribution in [-0.4, -0.2) is 89.0 Å². The molecule has 1 aliphatic carbocycles. The Kier molecular flexibility index (Phi) is 9.39. The molecule has 10 nitrogen and oxygen atoms in total. The van der Waals surface area contributed by atoms with E-state index >= 15 is 0 Å². The lowest BCUT2D eigenvalue weighted by Gasteiger charge is -2.43. The summed E-state index contributed by atoms with van der Waals surface area (Å²) in [6, 6.07) is -0.0662. The Morgan fingerprint density at radius 2 is 1.82 bits per heavy atom. The Balaban J connectivity index is 1.65. The summed E-state index contributed by atoms with van der Waals surface area (Å²) in [7, 11) is -0.387. The molecular weight excluding hydrogens is 486 g/mol. The van der Waals surface area contributed by atoms with Crippen LogP contribution in [-0.2, 0) is 15.0 Å². The van der Waals surface area contributed by atoms with E-state index < -0.39 is 16.2 Å². The minimum atomic E-state index is -3.45. The highest BCUT2D eigenvalue weighted by Crippen LogP contribution is 2.32. The molecule has 1 saturated carbocycles. The van der Waals surface area contributed by atoms with Crippen molar-refractivity contribution in [3.8, 4) is 0 Å². The number of piperidine rings is 1. The number of hydrogen-bond donors (Lipinski definition) is 2. The highest BCUT2D eigenvalue weighted by atomic mass is 32.2. The van der Waals surface area contributed by atoms with Crippen molar-refractivity contribution >= 4 is 50.4 Å². The number of hydrogen-bond acceptors (Lipinski definition) is 7. The second-order valence-electron chi connectivity index (χ2n) is 8.53. The number of amides is 2. The van der Waals surface area contributed by atoms with Crippen LogP contribution in [0.1, 0.15) is 51.4 Å². The maximum absolute atomic E-state index is 13.4. The van der Waals surface area contributed by atoms with Crippen molar-refractivity contribution in [1.82, 2.24) is 18.5 Å². The van der Waals surface area contributed by atoms with Gasteiger partial charge in [-0.05, 0) is 25.7 Å². The molecule has 0 unspecified atom stereocenters. The van der Waals surface area contributed by atoms with Gasteiger partial charge in [-0.25, -0.2) is 9.78 Å². The molecule has 2 amide bonds. The highest BCUT2D eigenvalue weighted by Gasteiger charge is 2.37. The summed E-state index contributed by atoms with van der Waals surface area (Å²) < 4.78 is 28.5. The van der Waals surface area contributed by atoms with E-state index in [9.17, 15) is 18.0 Å². The van der Waals surface area contributed by atoms with Crippen molar-refractivity contribution in [3.63, 3.8) is 0 Å². The summed E-state index contributed by atoms with van der Waals surface area (Å²) in [6.45, 7) is 0.784. The van der Waals surface area contributed by atoms with Crippen molar-refractivity contribution in [3.05, 3.63) is 6.20 Å². The van der Waals surface area contributed by atoms with E-state index in [2.05, 4.69) is 10.3 Å². The van der Waals surface area contributed by atoms with Crippen LogP contribution in [0.15, 0.2) is 10.4 Å². The number of carbonyl (C=O) groups is 2. The number of nitrogens with zero attached hydrogens (tertiary/aromatic N) is 4. The Labute approximate surface area is 203 Å². The average Bonchev–Trinajstić information content (AvgIpc) is 3.21. The third-order valence-electron chi connectivity index (χ3n) is 6.07. The predicted molar refractivity (Wildman–Crippen MR) is 130 cm³/mol. The van der Waals surface area contributed by atoms with Gasteiger partial charge in [-0.3, -0.25) is 10.1 Å². The minimum Gasteiger partial charge on any atom is -0.481 e. The van der Waals surface area contributed by atoms with Crippen molar-refractivity contribution in [2.75, 3.05) is 38.3 Å². The third-order valence-corrected chi connectivity index (χ3v) is 10.1. The van der Waals surface area contributed by atoms with Crippen LogP contribution >= 0.6 is 23.1 Å². The van der Waals surface area contributed by atoms with Crippen LogP contribution in [0.25, 0.3) is 0 Å². The number of aromatic nitrogens is 1. The number of aliphatic carboxylic acids is 1. The van der Waals surface area contributed by atoms with Crippen LogP contribution < -0.4 is 5.32 Å². The second kappa shape index (κ2) is 11.8. The highest BCUT2D eigenvalue weighted by molar-refractivity contribution is 8.01. The summed E-state index contributed by atoms with van der Waals surface area (Å²) in [6.07, 6.45) is 8.19. The molecule has 3 rings (SSSR count). The molecule has 0 bridgehead atoms. The standard InChI is InChI=1S/C20H33N5O5S3/c1-23(2)33(29,30)24-11-8-16(9-12-24)25(15-6-4-3-5-7-15)20(28)22-19-21-14-18(32-19)31-13-10-17(26)27/h14-16H,3-13H2,1-2H3,(H,26,27)(H,21,22,28). The van der Waals surface area contributed by atoms with Crippen molar-refractivity contribution < 1.29 is 23.1 Å². The minimum absolute atomic E-state index is 0.0221. The van der Waals surface area contributed by atoms with Gasteiger partial charge in [-0.2, -0.15) is 17.0 Å². The fourth-order valence-corrected chi connectivity index (χ4v) is 7.35. The lowest BCUT2D eigenvalue weighted by Crippen LogP contribution is -2.55. The maximum atomic E-state index is 13.4. The Hall–Kier alpha value is -1.41. The van der Waals surface area contributed by atoms with Gasteiger partial charge in [-0.15, -0.1) is 11.8 Å². The van der Waals surface area contributed by atoms with Gasteiger partial charge in [0.25, 0.3) is 10.2 Å². The van der Waals surface area contributed by atoms with Gasteiger partial charge < -0.3 is 10.0 Å². The van der Waals surface area contributed by atoms with Gasteiger partial charge >= 0.3 is 12.0 Å². The molecule has 1 aromatic rings. The fraction of sp³-hybridized carbons (Fsp3) is 0.750. The molecule has 2 heterocycles. The van der Waals surface area contributed by atoms with Gasteiger partial charge in [0.1, 0.15) is 0 Å². The van der Waals surface area contributed by atoms with E-state index in [0.717, 1.165) is 29.9 Å². The van der Waals surface area contributed by atoms with Crippen molar-refractivity contribution in [2.45, 2.75) is 67.7 Å². The summed E-state index contributed by atoms with van der Waals surface area (Å²) in [5.74, 6) is -0.388. The van der Waals surface area contributed by atoms with Crippen LogP contribution in [0.4, 0.5) is 9.93 Å². The average molecular weight is 520 g/mol. The van der Waals surface area contributed by atoms with Gasteiger partial charge in [0, 0.05) is 45.0 Å². The number of thiazole rings is 1. The van der Waals surface area contributed by atoms with Gasteiger partial charge in [-0.1, -0.05) is 30.6 Å². The largest absolute Gasteiger partial charge is 0.481 e. The number of urea groups is 1. The molecule has 186 valence electrons. The van der Waals surface area contributed by atoms with E-state index in [1.165, 1.54) is 52.2 Å². The predicted octanol–water partition coefficient (Wildman–Crippen LogP) is 3.15. The summed E-state index contributed by atoms with van der Waals surface area (Å²) >= 11 is 2.75. The monoisotopic (exact) mass is 519 g/mol. The SMILES string of the molecule is CN(C)S(=O)(=O)N1CCC(N(C(=O)Nc2ncc(SCCC(=O)O)s2)C2CCCCC2)CC1. The number of rotatable bonds is 9. The lowest BCUT2D eigenvalue weighted by atomic mass is 9.91. The first-order chi connectivity index (χ1) is 15.7. The Bertz CT molecular complexity index is 909. The fourth-order valence-electron chi connectivity index (χ4n) is 4.35. The van der Waals surface area contributed by atoms with Crippen LogP contribution in [0.5, 0.6) is 0 Å². The second-order valence-corrected chi connectivity index (χ2v) is 13.1. The number of thioether (sulfide) groups is 1. The topological polar surface area (TPSA) is 123 Å². The number of carboxylic acid groups (broad SMARTS) is 1. The molecule has 0 atom stereocenters. The van der Waals surface area contributed by atoms with E-state index in [1.807, 2.05) is 4.90 Å². The first-order valence-electron chi connectivity index (χ1n) is 11.3. The third kappa shape index (κ3) is 7.04. The zero-order chi connectivity index (χ0) is 24.0. The molecule has 2 fully saturated rings. The molecule has 0 radical (unpaired) electrons. The molecule has 2 N–H and O–H groups in total.